The first kappa shape index (κ1) is 13.0. The van der Waals surface area contributed by atoms with Crippen LogP contribution in [-0.2, 0) is 9.59 Å². The van der Waals surface area contributed by atoms with Crippen LogP contribution in [0.15, 0.2) is 0 Å². The average Bonchev–Trinajstić information content (AvgIpc) is 2.25. The maximum atomic E-state index is 10.9. The molecule has 3 N–H and O–H groups in total. The fourth-order valence-electron chi connectivity index (χ4n) is 2.04. The van der Waals surface area contributed by atoms with Gasteiger partial charge in [-0.1, -0.05) is 19.3 Å². The molecule has 1 fully saturated rings. The van der Waals surface area contributed by atoms with Gasteiger partial charge in [-0.3, -0.25) is 4.79 Å². The normalized spacial score (nSPS) is 19.1. The van der Waals surface area contributed by atoms with E-state index < -0.39 is 12.0 Å². The average molecular weight is 228 g/mol. The molecule has 1 atom stereocenters. The van der Waals surface area contributed by atoms with Crippen molar-refractivity contribution in [1.29, 1.82) is 0 Å². The first-order valence-corrected chi connectivity index (χ1v) is 5.83. The van der Waals surface area contributed by atoms with Crippen molar-refractivity contribution >= 4 is 11.9 Å². The van der Waals surface area contributed by atoms with E-state index in [-0.39, 0.29) is 5.91 Å². The van der Waals surface area contributed by atoms with Crippen LogP contribution in [0.2, 0.25) is 0 Å². The molecular formula is C11H20N2O3. The number of amides is 1. The molecule has 0 heterocycles. The van der Waals surface area contributed by atoms with E-state index in [4.69, 9.17) is 5.11 Å². The Morgan fingerprint density at radius 3 is 2.44 bits per heavy atom. The number of carboxylic acid groups (broad SMARTS) is 1. The first-order chi connectivity index (χ1) is 7.59. The summed E-state index contributed by atoms with van der Waals surface area (Å²) in [5.74, 6) is -1.30. The van der Waals surface area contributed by atoms with Gasteiger partial charge in [-0.25, -0.2) is 4.79 Å². The molecule has 1 rings (SSSR count). The van der Waals surface area contributed by atoms with E-state index in [0.717, 1.165) is 12.8 Å². The molecule has 5 heteroatoms. The van der Waals surface area contributed by atoms with Gasteiger partial charge in [0.1, 0.15) is 6.04 Å². The van der Waals surface area contributed by atoms with Gasteiger partial charge in [0.15, 0.2) is 0 Å². The van der Waals surface area contributed by atoms with Crippen LogP contribution in [0.4, 0.5) is 0 Å². The van der Waals surface area contributed by atoms with E-state index in [1.54, 1.807) is 0 Å². The molecule has 1 aliphatic rings. The van der Waals surface area contributed by atoms with E-state index in [9.17, 15) is 9.59 Å². The zero-order valence-electron chi connectivity index (χ0n) is 9.66. The third-order valence-electron chi connectivity index (χ3n) is 2.89. The Bertz CT molecular complexity index is 250. The summed E-state index contributed by atoms with van der Waals surface area (Å²) >= 11 is 0. The van der Waals surface area contributed by atoms with Gasteiger partial charge < -0.3 is 15.7 Å². The number of nitrogens with one attached hydrogen (secondary N) is 2. The van der Waals surface area contributed by atoms with Crippen LogP contribution in [0.3, 0.4) is 0 Å². The molecule has 1 aliphatic carbocycles. The van der Waals surface area contributed by atoms with Crippen molar-refractivity contribution in [1.82, 2.24) is 10.6 Å². The number of rotatable bonds is 5. The Morgan fingerprint density at radius 2 is 1.94 bits per heavy atom. The van der Waals surface area contributed by atoms with Crippen molar-refractivity contribution in [3.05, 3.63) is 0 Å². The second-order valence-electron chi connectivity index (χ2n) is 4.33. The molecule has 0 saturated heterocycles. The minimum Gasteiger partial charge on any atom is -0.480 e. The van der Waals surface area contributed by atoms with Crippen LogP contribution >= 0.6 is 0 Å². The third kappa shape index (κ3) is 4.61. The molecule has 5 nitrogen and oxygen atoms in total. The predicted octanol–water partition coefficient (Wildman–Crippen LogP) is 0.498. The van der Waals surface area contributed by atoms with Gasteiger partial charge in [0.25, 0.3) is 0 Å². The highest BCUT2D eigenvalue weighted by Crippen LogP contribution is 2.17. The van der Waals surface area contributed by atoms with Crippen molar-refractivity contribution in [2.24, 2.45) is 0 Å². The molecule has 92 valence electrons. The van der Waals surface area contributed by atoms with Gasteiger partial charge in [0.05, 0.1) is 0 Å². The minimum absolute atomic E-state index is 0.305. The Kier molecular flexibility index (Phi) is 5.25. The van der Waals surface area contributed by atoms with Crippen molar-refractivity contribution in [2.45, 2.75) is 51.1 Å². The Labute approximate surface area is 95.6 Å². The van der Waals surface area contributed by atoms with Gasteiger partial charge in [-0.05, 0) is 12.8 Å². The molecule has 0 radical (unpaired) electrons. The Morgan fingerprint density at radius 1 is 1.31 bits per heavy atom. The van der Waals surface area contributed by atoms with Crippen LogP contribution < -0.4 is 10.6 Å². The highest BCUT2D eigenvalue weighted by atomic mass is 16.4. The summed E-state index contributed by atoms with van der Waals surface area (Å²) in [5.41, 5.74) is 0. The summed E-state index contributed by atoms with van der Waals surface area (Å²) in [6.07, 6.45) is 5.89. The molecule has 1 unspecified atom stereocenters. The zero-order valence-corrected chi connectivity index (χ0v) is 9.66. The molecular weight excluding hydrogens is 208 g/mol. The summed E-state index contributed by atoms with van der Waals surface area (Å²) < 4.78 is 0. The molecule has 0 aromatic rings. The predicted molar refractivity (Wildman–Crippen MR) is 60.1 cm³/mol. The van der Waals surface area contributed by atoms with E-state index in [2.05, 4.69) is 10.6 Å². The van der Waals surface area contributed by atoms with Gasteiger partial charge in [0, 0.05) is 19.5 Å². The lowest BCUT2D eigenvalue weighted by Gasteiger charge is -2.24. The summed E-state index contributed by atoms with van der Waals surface area (Å²) in [5, 5.41) is 14.5. The minimum atomic E-state index is -0.987. The van der Waals surface area contributed by atoms with Crippen molar-refractivity contribution < 1.29 is 14.7 Å². The molecule has 0 aliphatic heterocycles. The summed E-state index contributed by atoms with van der Waals surface area (Å²) in [7, 11) is 0. The smallest absolute Gasteiger partial charge is 0.327 e. The third-order valence-corrected chi connectivity index (χ3v) is 2.89. The standard InChI is InChI=1S/C11H20N2O3/c1-8(14)13-10(11(15)16)7-12-9-5-3-2-4-6-9/h9-10,12H,2-7H2,1H3,(H,13,14)(H,15,16). The highest BCUT2D eigenvalue weighted by Gasteiger charge is 2.20. The maximum Gasteiger partial charge on any atom is 0.327 e. The molecule has 16 heavy (non-hydrogen) atoms. The Balaban J connectivity index is 2.30. The van der Waals surface area contributed by atoms with Crippen LogP contribution in [0, 0.1) is 0 Å². The number of hydrogen-bond acceptors (Lipinski definition) is 3. The summed E-state index contributed by atoms with van der Waals surface area (Å²) in [6.45, 7) is 1.64. The van der Waals surface area contributed by atoms with Gasteiger partial charge in [0.2, 0.25) is 5.91 Å². The fraction of sp³-hybridized carbons (Fsp3) is 0.818. The topological polar surface area (TPSA) is 78.4 Å². The summed E-state index contributed by atoms with van der Waals surface area (Å²) in [4.78, 5) is 21.7. The van der Waals surface area contributed by atoms with Crippen molar-refractivity contribution in [3.63, 3.8) is 0 Å². The van der Waals surface area contributed by atoms with Crippen LogP contribution in [0.25, 0.3) is 0 Å². The van der Waals surface area contributed by atoms with Gasteiger partial charge in [-0.15, -0.1) is 0 Å². The number of hydrogen-bond donors (Lipinski definition) is 3. The Hall–Kier alpha value is -1.10. The molecule has 0 aromatic heterocycles. The SMILES string of the molecule is CC(=O)NC(CNC1CCCCC1)C(=O)O. The lowest BCUT2D eigenvalue weighted by Crippen LogP contribution is -2.48. The van der Waals surface area contributed by atoms with Gasteiger partial charge >= 0.3 is 5.97 Å². The first-order valence-electron chi connectivity index (χ1n) is 5.83. The van der Waals surface area contributed by atoms with Gasteiger partial charge in [-0.2, -0.15) is 0 Å². The van der Waals surface area contributed by atoms with Crippen molar-refractivity contribution in [2.75, 3.05) is 6.54 Å². The van der Waals surface area contributed by atoms with E-state index in [0.29, 0.717) is 12.6 Å². The number of carbonyl (C=O) groups is 2. The van der Waals surface area contributed by atoms with Crippen LogP contribution in [-0.4, -0.2) is 35.6 Å². The van der Waals surface area contributed by atoms with Crippen LogP contribution in [0.5, 0.6) is 0 Å². The molecule has 0 spiro atoms. The lowest BCUT2D eigenvalue weighted by atomic mass is 9.95. The molecule has 1 amide bonds. The number of aliphatic carboxylic acids is 1. The molecule has 0 bridgehead atoms. The summed E-state index contributed by atoms with van der Waals surface area (Å²) in [6, 6.07) is -0.413. The molecule has 1 saturated carbocycles. The molecule has 0 aromatic carbocycles. The second kappa shape index (κ2) is 6.48. The second-order valence-corrected chi connectivity index (χ2v) is 4.33. The fourth-order valence-corrected chi connectivity index (χ4v) is 2.04. The lowest BCUT2D eigenvalue weighted by molar-refractivity contribution is -0.141. The quantitative estimate of drug-likeness (QED) is 0.640. The number of carboxylic acids is 1. The van der Waals surface area contributed by atoms with E-state index in [1.165, 1.54) is 26.2 Å². The van der Waals surface area contributed by atoms with E-state index in [1.807, 2.05) is 0 Å². The maximum absolute atomic E-state index is 10.9. The number of carbonyl (C=O) groups excluding carboxylic acids is 1. The largest absolute Gasteiger partial charge is 0.480 e. The van der Waals surface area contributed by atoms with E-state index >= 15 is 0 Å². The van der Waals surface area contributed by atoms with Crippen molar-refractivity contribution in [3.8, 4) is 0 Å². The highest BCUT2D eigenvalue weighted by molar-refractivity contribution is 5.82. The van der Waals surface area contributed by atoms with Crippen LogP contribution in [0.1, 0.15) is 39.0 Å². The zero-order chi connectivity index (χ0) is 12.0. The monoisotopic (exact) mass is 228 g/mol.